The van der Waals surface area contributed by atoms with Gasteiger partial charge in [0.05, 0.1) is 11.4 Å². The normalized spacial score (nSPS) is 12.3. The van der Waals surface area contributed by atoms with Crippen LogP contribution in [0.2, 0.25) is 0 Å². The molecule has 1 heterocycles. The average molecular weight is 425 g/mol. The Morgan fingerprint density at radius 2 is 1.26 bits per heavy atom. The Morgan fingerprint density at radius 3 is 1.77 bits per heavy atom. The zero-order chi connectivity index (χ0) is 21.7. The van der Waals surface area contributed by atoms with Crippen molar-refractivity contribution >= 4 is 23.5 Å². The third-order valence-electron chi connectivity index (χ3n) is 5.44. The first kappa shape index (κ1) is 21.0. The Kier molecular flexibility index (Phi) is 6.25. The fraction of sp³-hybridized carbons (Fsp3) is 0.111. The van der Waals surface area contributed by atoms with Gasteiger partial charge in [0.2, 0.25) is 0 Å². The van der Waals surface area contributed by atoms with E-state index < -0.39 is 12.8 Å². The SMILES string of the molecule is Cc1cccc([C@H](CC(=O)c2ccccc2)P(=O)(c2ccccc2)c2ccccc2)n1. The van der Waals surface area contributed by atoms with Crippen LogP contribution in [0.3, 0.4) is 0 Å². The largest absolute Gasteiger partial charge is 0.313 e. The molecule has 1 aromatic heterocycles. The van der Waals surface area contributed by atoms with Crippen molar-refractivity contribution in [2.45, 2.75) is 19.0 Å². The molecule has 4 heteroatoms. The number of aromatic nitrogens is 1. The summed E-state index contributed by atoms with van der Waals surface area (Å²) in [6.07, 6.45) is 0.113. The lowest BCUT2D eigenvalue weighted by Gasteiger charge is -2.28. The predicted molar refractivity (Wildman–Crippen MR) is 127 cm³/mol. The molecule has 0 aliphatic rings. The fourth-order valence-corrected chi connectivity index (χ4v) is 7.08. The van der Waals surface area contributed by atoms with Crippen molar-refractivity contribution in [1.82, 2.24) is 4.98 Å². The quantitative estimate of drug-likeness (QED) is 0.281. The number of rotatable bonds is 7. The van der Waals surface area contributed by atoms with Gasteiger partial charge in [0.25, 0.3) is 0 Å². The molecule has 4 rings (SSSR count). The highest BCUT2D eigenvalue weighted by Gasteiger charge is 2.40. The van der Waals surface area contributed by atoms with Gasteiger partial charge in [-0.25, -0.2) is 0 Å². The summed E-state index contributed by atoms with van der Waals surface area (Å²) in [6.45, 7) is 1.91. The molecule has 0 spiro atoms. The highest BCUT2D eigenvalue weighted by Crippen LogP contribution is 2.58. The highest BCUT2D eigenvalue weighted by molar-refractivity contribution is 7.79. The Morgan fingerprint density at radius 1 is 0.742 bits per heavy atom. The Labute approximate surface area is 183 Å². The van der Waals surface area contributed by atoms with Crippen LogP contribution in [0.5, 0.6) is 0 Å². The lowest BCUT2D eigenvalue weighted by atomic mass is 10.0. The molecule has 0 N–H and O–H groups in total. The van der Waals surface area contributed by atoms with Gasteiger partial charge in [-0.3, -0.25) is 9.78 Å². The fourth-order valence-electron chi connectivity index (χ4n) is 3.89. The van der Waals surface area contributed by atoms with Crippen LogP contribution in [-0.2, 0) is 4.57 Å². The summed E-state index contributed by atoms with van der Waals surface area (Å²) in [5, 5.41) is 1.46. The van der Waals surface area contributed by atoms with Crippen molar-refractivity contribution in [2.75, 3.05) is 0 Å². The van der Waals surface area contributed by atoms with Gasteiger partial charge in [0, 0.05) is 28.3 Å². The second kappa shape index (κ2) is 9.24. The summed E-state index contributed by atoms with van der Waals surface area (Å²) in [5.41, 5.74) is 1.57. The topological polar surface area (TPSA) is 47.0 Å². The van der Waals surface area contributed by atoms with Crippen LogP contribution in [0.25, 0.3) is 0 Å². The van der Waals surface area contributed by atoms with Crippen molar-refractivity contribution in [2.24, 2.45) is 0 Å². The monoisotopic (exact) mass is 425 g/mol. The average Bonchev–Trinajstić information content (AvgIpc) is 2.83. The zero-order valence-corrected chi connectivity index (χ0v) is 18.3. The minimum absolute atomic E-state index is 0.0407. The van der Waals surface area contributed by atoms with Crippen LogP contribution in [-0.4, -0.2) is 10.8 Å². The zero-order valence-electron chi connectivity index (χ0n) is 17.4. The number of aryl methyl sites for hydroxylation is 1. The number of nitrogens with zero attached hydrogens (tertiary/aromatic N) is 1. The van der Waals surface area contributed by atoms with Gasteiger partial charge < -0.3 is 4.57 Å². The van der Waals surface area contributed by atoms with Gasteiger partial charge in [-0.15, -0.1) is 0 Å². The molecule has 4 aromatic rings. The second-order valence-electron chi connectivity index (χ2n) is 7.54. The van der Waals surface area contributed by atoms with E-state index in [1.165, 1.54) is 0 Å². The third-order valence-corrected chi connectivity index (χ3v) is 8.90. The molecule has 0 unspecified atom stereocenters. The van der Waals surface area contributed by atoms with Crippen molar-refractivity contribution < 1.29 is 9.36 Å². The minimum Gasteiger partial charge on any atom is -0.313 e. The smallest absolute Gasteiger partial charge is 0.164 e. The molecule has 3 nitrogen and oxygen atoms in total. The summed E-state index contributed by atoms with van der Waals surface area (Å²) in [7, 11) is -3.23. The maximum atomic E-state index is 15.0. The van der Waals surface area contributed by atoms with Crippen molar-refractivity contribution in [1.29, 1.82) is 0 Å². The van der Waals surface area contributed by atoms with Crippen LogP contribution in [0.15, 0.2) is 109 Å². The number of carbonyl (C=O) groups is 1. The first-order chi connectivity index (χ1) is 15.1. The van der Waals surface area contributed by atoms with Gasteiger partial charge in [-0.05, 0) is 19.1 Å². The minimum atomic E-state index is -3.23. The number of carbonyl (C=O) groups excluding carboxylic acids is 1. The van der Waals surface area contributed by atoms with E-state index >= 15 is 4.57 Å². The van der Waals surface area contributed by atoms with Gasteiger partial charge >= 0.3 is 0 Å². The van der Waals surface area contributed by atoms with Crippen molar-refractivity contribution in [3.05, 3.63) is 126 Å². The number of pyridine rings is 1. The molecule has 0 fully saturated rings. The Bertz CT molecular complexity index is 1160. The number of hydrogen-bond donors (Lipinski definition) is 0. The molecule has 0 aliphatic heterocycles. The molecule has 31 heavy (non-hydrogen) atoms. The summed E-state index contributed by atoms with van der Waals surface area (Å²) >= 11 is 0. The lowest BCUT2D eigenvalue weighted by Crippen LogP contribution is -2.24. The molecule has 0 saturated carbocycles. The van der Waals surface area contributed by atoms with Crippen molar-refractivity contribution in [3.8, 4) is 0 Å². The molecule has 0 bridgehead atoms. The van der Waals surface area contributed by atoms with Gasteiger partial charge in [-0.2, -0.15) is 0 Å². The van der Waals surface area contributed by atoms with E-state index in [1.54, 1.807) is 12.1 Å². The molecule has 3 aromatic carbocycles. The lowest BCUT2D eigenvalue weighted by molar-refractivity contribution is 0.0980. The first-order valence-electron chi connectivity index (χ1n) is 10.3. The van der Waals surface area contributed by atoms with E-state index in [0.29, 0.717) is 11.3 Å². The second-order valence-corrected chi connectivity index (χ2v) is 10.5. The Balaban J connectivity index is 1.91. The number of hydrogen-bond acceptors (Lipinski definition) is 3. The van der Waals surface area contributed by atoms with Crippen molar-refractivity contribution in [3.63, 3.8) is 0 Å². The number of ketones is 1. The van der Waals surface area contributed by atoms with Crippen LogP contribution in [0, 0.1) is 6.92 Å². The predicted octanol–water partition coefficient (Wildman–Crippen LogP) is 5.72. The van der Waals surface area contributed by atoms with E-state index in [1.807, 2.05) is 104 Å². The molecule has 154 valence electrons. The van der Waals surface area contributed by atoms with Crippen LogP contribution in [0.1, 0.15) is 33.8 Å². The maximum absolute atomic E-state index is 15.0. The first-order valence-corrected chi connectivity index (χ1v) is 12.1. The molecule has 0 radical (unpaired) electrons. The third kappa shape index (κ3) is 4.42. The summed E-state index contributed by atoms with van der Waals surface area (Å²) in [5.74, 6) is -0.0407. The highest BCUT2D eigenvalue weighted by atomic mass is 31.2. The molecule has 0 amide bonds. The summed E-state index contributed by atoms with van der Waals surface area (Å²) in [4.78, 5) is 18.0. The van der Waals surface area contributed by atoms with Gasteiger partial charge in [-0.1, -0.05) is 97.1 Å². The van der Waals surface area contributed by atoms with Crippen LogP contribution in [0.4, 0.5) is 0 Å². The summed E-state index contributed by atoms with van der Waals surface area (Å²) < 4.78 is 15.0. The van der Waals surface area contributed by atoms with Gasteiger partial charge in [0.1, 0.15) is 0 Å². The van der Waals surface area contributed by atoms with Crippen LogP contribution >= 0.6 is 7.14 Å². The molecule has 0 aliphatic carbocycles. The van der Waals surface area contributed by atoms with Crippen LogP contribution < -0.4 is 10.6 Å². The standard InChI is InChI=1S/C27H24NO2P/c1-21-12-11-19-25(28-21)27(20-26(29)22-13-5-2-6-14-22)31(30,23-15-7-3-8-16-23)24-17-9-4-10-18-24/h2-19,27H,20H2,1H3/t27-/m0/s1. The van der Waals surface area contributed by atoms with E-state index in [9.17, 15) is 4.79 Å². The molecular weight excluding hydrogens is 401 g/mol. The maximum Gasteiger partial charge on any atom is 0.164 e. The molecule has 1 atom stereocenters. The van der Waals surface area contributed by atoms with E-state index in [4.69, 9.17) is 4.98 Å². The van der Waals surface area contributed by atoms with E-state index in [2.05, 4.69) is 0 Å². The number of benzene rings is 3. The molecular formula is C27H24NO2P. The Hall–Kier alpha value is -3.29. The number of Topliss-reactive ketones (excluding diaryl/α,β-unsaturated/α-hetero) is 1. The molecule has 0 saturated heterocycles. The van der Waals surface area contributed by atoms with Gasteiger partial charge in [0.15, 0.2) is 12.9 Å². The van der Waals surface area contributed by atoms with E-state index in [0.717, 1.165) is 16.3 Å². The summed E-state index contributed by atoms with van der Waals surface area (Å²) in [6, 6.07) is 33.9. The van der Waals surface area contributed by atoms with E-state index in [-0.39, 0.29) is 12.2 Å².